The van der Waals surface area contributed by atoms with Crippen molar-refractivity contribution in [2.45, 2.75) is 5.88 Å². The fourth-order valence-corrected chi connectivity index (χ4v) is 1.50. The number of alkyl halides is 1. The van der Waals surface area contributed by atoms with Gasteiger partial charge in [-0.15, -0.1) is 11.6 Å². The predicted octanol–water partition coefficient (Wildman–Crippen LogP) is 1.37. The Balaban J connectivity index is 2.42. The molecule has 88 valence electrons. The lowest BCUT2D eigenvalue weighted by Gasteiger charge is -2.06. The summed E-state index contributed by atoms with van der Waals surface area (Å²) in [4.78, 5) is 15.4. The van der Waals surface area contributed by atoms with E-state index >= 15 is 0 Å². The highest BCUT2D eigenvalue weighted by Gasteiger charge is 2.03. The molecule has 0 atom stereocenters. The number of nitrogens with zero attached hydrogens (tertiary/aromatic N) is 3. The molecule has 2 aromatic heterocycles. The molecular weight excluding hydrogens is 242 g/mol. The van der Waals surface area contributed by atoms with Crippen LogP contribution < -0.4 is 10.2 Å². The molecule has 5 nitrogen and oxygen atoms in total. The minimum absolute atomic E-state index is 0.0866. The fraction of sp³-hybridized carbons (Fsp3) is 0.182. The van der Waals surface area contributed by atoms with E-state index in [1.165, 1.54) is 6.07 Å². The van der Waals surface area contributed by atoms with Crippen molar-refractivity contribution in [2.75, 3.05) is 7.11 Å². The first-order chi connectivity index (χ1) is 8.24. The number of hydrogen-bond donors (Lipinski definition) is 0. The lowest BCUT2D eigenvalue weighted by molar-refractivity contribution is 0.397. The Morgan fingerprint density at radius 2 is 2.24 bits per heavy atom. The monoisotopic (exact) mass is 251 g/mol. The van der Waals surface area contributed by atoms with Crippen molar-refractivity contribution in [3.05, 3.63) is 46.5 Å². The van der Waals surface area contributed by atoms with E-state index in [1.54, 1.807) is 36.3 Å². The number of rotatable bonds is 3. The van der Waals surface area contributed by atoms with Gasteiger partial charge in [-0.25, -0.2) is 9.67 Å². The summed E-state index contributed by atoms with van der Waals surface area (Å²) in [6, 6.07) is 4.94. The average molecular weight is 252 g/mol. The van der Waals surface area contributed by atoms with Crippen molar-refractivity contribution in [3.63, 3.8) is 0 Å². The third-order valence-electron chi connectivity index (χ3n) is 2.20. The molecule has 0 radical (unpaired) electrons. The molecule has 0 bridgehead atoms. The highest BCUT2D eigenvalue weighted by atomic mass is 35.5. The highest BCUT2D eigenvalue weighted by Crippen LogP contribution is 2.09. The zero-order valence-corrected chi connectivity index (χ0v) is 9.89. The molecule has 2 aromatic rings. The van der Waals surface area contributed by atoms with Crippen molar-refractivity contribution in [3.8, 4) is 11.6 Å². The third kappa shape index (κ3) is 2.45. The minimum Gasteiger partial charge on any atom is -0.481 e. The summed E-state index contributed by atoms with van der Waals surface area (Å²) in [5, 5.41) is 4.11. The normalized spacial score (nSPS) is 10.2. The average Bonchev–Trinajstić information content (AvgIpc) is 2.39. The fourth-order valence-electron chi connectivity index (χ4n) is 1.31. The van der Waals surface area contributed by atoms with Crippen molar-refractivity contribution >= 4 is 11.6 Å². The molecule has 0 fully saturated rings. The van der Waals surface area contributed by atoms with E-state index in [0.717, 1.165) is 5.69 Å². The number of halogens is 1. The first-order valence-electron chi connectivity index (χ1n) is 4.90. The zero-order valence-electron chi connectivity index (χ0n) is 9.13. The van der Waals surface area contributed by atoms with Crippen molar-refractivity contribution in [1.29, 1.82) is 0 Å². The number of pyridine rings is 1. The first-order valence-corrected chi connectivity index (χ1v) is 5.43. The van der Waals surface area contributed by atoms with Crippen molar-refractivity contribution in [1.82, 2.24) is 14.8 Å². The molecule has 0 spiro atoms. The van der Waals surface area contributed by atoms with E-state index in [9.17, 15) is 4.79 Å². The summed E-state index contributed by atoms with van der Waals surface area (Å²) in [6.45, 7) is 0. The van der Waals surface area contributed by atoms with Gasteiger partial charge >= 0.3 is 0 Å². The molecule has 0 saturated heterocycles. The molecule has 2 rings (SSSR count). The highest BCUT2D eigenvalue weighted by molar-refractivity contribution is 6.16. The van der Waals surface area contributed by atoms with Gasteiger partial charge in [0.1, 0.15) is 5.69 Å². The first kappa shape index (κ1) is 11.6. The Hall–Kier alpha value is -1.88. The van der Waals surface area contributed by atoms with Gasteiger partial charge in [0, 0.05) is 18.3 Å². The van der Waals surface area contributed by atoms with Crippen LogP contribution in [0.25, 0.3) is 5.69 Å². The van der Waals surface area contributed by atoms with Gasteiger partial charge in [-0.3, -0.25) is 4.79 Å². The number of methoxy groups -OCH3 is 1. The second-order valence-electron chi connectivity index (χ2n) is 3.26. The molecule has 0 aromatic carbocycles. The van der Waals surface area contributed by atoms with Crippen LogP contribution in [0.5, 0.6) is 5.88 Å². The van der Waals surface area contributed by atoms with E-state index in [-0.39, 0.29) is 11.3 Å². The number of aromatic nitrogens is 3. The standard InChI is InChI=1S/C11H10ClN3O2/c1-17-11-3-2-8(7-13-11)15-5-4-10(16)9(6-12)14-15/h2-5,7H,6H2,1H3. The van der Waals surface area contributed by atoms with Gasteiger partial charge in [0.15, 0.2) is 0 Å². The van der Waals surface area contributed by atoms with Gasteiger partial charge < -0.3 is 4.74 Å². The summed E-state index contributed by atoms with van der Waals surface area (Å²) in [5.41, 5.74) is 0.875. The third-order valence-corrected chi connectivity index (χ3v) is 2.45. The molecule has 0 unspecified atom stereocenters. The van der Waals surface area contributed by atoms with Crippen LogP contribution in [0.4, 0.5) is 0 Å². The van der Waals surface area contributed by atoms with Crippen LogP contribution in [0.15, 0.2) is 35.4 Å². The molecule has 0 amide bonds. The Morgan fingerprint density at radius 1 is 1.41 bits per heavy atom. The summed E-state index contributed by atoms with van der Waals surface area (Å²) >= 11 is 5.63. The summed E-state index contributed by atoms with van der Waals surface area (Å²) in [7, 11) is 1.55. The van der Waals surface area contributed by atoms with Crippen molar-refractivity contribution < 1.29 is 4.74 Å². The molecular formula is C11H10ClN3O2. The van der Waals surface area contributed by atoms with E-state index in [4.69, 9.17) is 16.3 Å². The second-order valence-corrected chi connectivity index (χ2v) is 3.53. The van der Waals surface area contributed by atoms with Gasteiger partial charge in [-0.05, 0) is 6.07 Å². The minimum atomic E-state index is -0.169. The molecule has 0 aliphatic rings. The largest absolute Gasteiger partial charge is 0.481 e. The van der Waals surface area contributed by atoms with Gasteiger partial charge in [0.25, 0.3) is 0 Å². The number of ether oxygens (including phenoxy) is 1. The van der Waals surface area contributed by atoms with E-state index in [0.29, 0.717) is 11.6 Å². The Labute approximate surface area is 103 Å². The van der Waals surface area contributed by atoms with Gasteiger partial charge in [0.05, 0.1) is 24.9 Å². The van der Waals surface area contributed by atoms with Gasteiger partial charge in [-0.2, -0.15) is 5.10 Å². The lowest BCUT2D eigenvalue weighted by atomic mass is 10.4. The molecule has 0 saturated carbocycles. The molecule has 0 N–H and O–H groups in total. The Kier molecular flexibility index (Phi) is 3.39. The van der Waals surface area contributed by atoms with Crippen LogP contribution in [0.1, 0.15) is 5.69 Å². The van der Waals surface area contributed by atoms with Crippen LogP contribution >= 0.6 is 11.6 Å². The maximum Gasteiger partial charge on any atom is 0.213 e. The smallest absolute Gasteiger partial charge is 0.213 e. The molecule has 17 heavy (non-hydrogen) atoms. The van der Waals surface area contributed by atoms with Crippen molar-refractivity contribution in [2.24, 2.45) is 0 Å². The maximum atomic E-state index is 11.3. The maximum absolute atomic E-state index is 11.3. The SMILES string of the molecule is COc1ccc(-n2ccc(=O)c(CCl)n2)cn1. The predicted molar refractivity (Wildman–Crippen MR) is 63.7 cm³/mol. The molecule has 2 heterocycles. The zero-order chi connectivity index (χ0) is 12.3. The molecule has 6 heteroatoms. The quantitative estimate of drug-likeness (QED) is 0.774. The van der Waals surface area contributed by atoms with Gasteiger partial charge in [0.2, 0.25) is 11.3 Å². The second kappa shape index (κ2) is 4.97. The Bertz CT molecular complexity index is 566. The van der Waals surface area contributed by atoms with Gasteiger partial charge in [-0.1, -0.05) is 0 Å². The van der Waals surface area contributed by atoms with Crippen LogP contribution in [0.2, 0.25) is 0 Å². The summed E-state index contributed by atoms with van der Waals surface area (Å²) in [6.07, 6.45) is 3.18. The molecule has 0 aliphatic carbocycles. The van der Waals surface area contributed by atoms with Crippen LogP contribution in [0.3, 0.4) is 0 Å². The van der Waals surface area contributed by atoms with E-state index in [2.05, 4.69) is 10.1 Å². The Morgan fingerprint density at radius 3 is 2.82 bits per heavy atom. The summed E-state index contributed by atoms with van der Waals surface area (Å²) < 4.78 is 6.50. The van der Waals surface area contributed by atoms with Crippen LogP contribution in [-0.4, -0.2) is 21.9 Å². The number of hydrogen-bond acceptors (Lipinski definition) is 4. The van der Waals surface area contributed by atoms with Crippen LogP contribution in [0, 0.1) is 0 Å². The lowest BCUT2D eigenvalue weighted by Crippen LogP contribution is -2.14. The van der Waals surface area contributed by atoms with E-state index in [1.807, 2.05) is 0 Å². The summed E-state index contributed by atoms with van der Waals surface area (Å²) in [5.74, 6) is 0.607. The van der Waals surface area contributed by atoms with Crippen LogP contribution in [-0.2, 0) is 5.88 Å². The topological polar surface area (TPSA) is 57.0 Å². The molecule has 0 aliphatic heterocycles. The van der Waals surface area contributed by atoms with E-state index < -0.39 is 0 Å².